The summed E-state index contributed by atoms with van der Waals surface area (Å²) >= 11 is 0. The van der Waals surface area contributed by atoms with Crippen molar-refractivity contribution in [3.05, 3.63) is 53.0 Å². The monoisotopic (exact) mass is 267 g/mol. The number of aryl methyl sites for hydroxylation is 3. The molecule has 3 heteroatoms. The quantitative estimate of drug-likeness (QED) is 0.830. The molecular formula is C17H21N3. The van der Waals surface area contributed by atoms with E-state index in [9.17, 15) is 0 Å². The number of rotatable bonds is 2. The molecule has 1 saturated heterocycles. The van der Waals surface area contributed by atoms with Crippen LogP contribution in [0.5, 0.6) is 0 Å². The van der Waals surface area contributed by atoms with Gasteiger partial charge in [0.2, 0.25) is 0 Å². The van der Waals surface area contributed by atoms with E-state index in [-0.39, 0.29) is 0 Å². The fourth-order valence-corrected chi connectivity index (χ4v) is 2.95. The Labute approximate surface area is 120 Å². The Bertz CT molecular complexity index is 621. The topological polar surface area (TPSA) is 29.0 Å². The summed E-state index contributed by atoms with van der Waals surface area (Å²) in [6, 6.07) is 7.24. The van der Waals surface area contributed by atoms with E-state index in [0.717, 1.165) is 18.1 Å². The van der Waals surface area contributed by atoms with Crippen LogP contribution >= 0.6 is 0 Å². The van der Waals surface area contributed by atoms with Crippen LogP contribution in [-0.4, -0.2) is 16.5 Å². The third kappa shape index (κ3) is 2.40. The number of anilines is 1. The second-order valence-electron chi connectivity index (χ2n) is 5.71. The van der Waals surface area contributed by atoms with Gasteiger partial charge in [0.25, 0.3) is 0 Å². The summed E-state index contributed by atoms with van der Waals surface area (Å²) in [6.07, 6.45) is 6.10. The SMILES string of the molecule is Cc1cncc(N2CCCC2c2ccc(C)c(C)c2)n1. The van der Waals surface area contributed by atoms with E-state index < -0.39 is 0 Å². The van der Waals surface area contributed by atoms with Crippen LogP contribution in [-0.2, 0) is 0 Å². The molecule has 2 heterocycles. The summed E-state index contributed by atoms with van der Waals surface area (Å²) in [5.41, 5.74) is 5.10. The zero-order valence-electron chi connectivity index (χ0n) is 12.4. The maximum atomic E-state index is 4.63. The first-order chi connectivity index (χ1) is 9.65. The van der Waals surface area contributed by atoms with Gasteiger partial charge >= 0.3 is 0 Å². The molecule has 1 aromatic carbocycles. The summed E-state index contributed by atoms with van der Waals surface area (Å²) < 4.78 is 0. The Morgan fingerprint density at radius 2 is 1.95 bits per heavy atom. The number of aromatic nitrogens is 2. The molecule has 1 aliphatic rings. The first kappa shape index (κ1) is 13.1. The average Bonchev–Trinajstić information content (AvgIpc) is 2.91. The van der Waals surface area contributed by atoms with E-state index in [1.165, 1.54) is 29.5 Å². The number of benzene rings is 1. The fraction of sp³-hybridized carbons (Fsp3) is 0.412. The Morgan fingerprint density at radius 1 is 1.10 bits per heavy atom. The number of hydrogen-bond acceptors (Lipinski definition) is 3. The van der Waals surface area contributed by atoms with Gasteiger partial charge in [0.15, 0.2) is 0 Å². The van der Waals surface area contributed by atoms with Crippen molar-refractivity contribution in [3.63, 3.8) is 0 Å². The minimum Gasteiger partial charge on any atom is -0.348 e. The maximum Gasteiger partial charge on any atom is 0.147 e. The van der Waals surface area contributed by atoms with Gasteiger partial charge in [0.05, 0.1) is 17.9 Å². The molecule has 1 fully saturated rings. The largest absolute Gasteiger partial charge is 0.348 e. The lowest BCUT2D eigenvalue weighted by Crippen LogP contribution is -2.24. The second kappa shape index (κ2) is 5.23. The van der Waals surface area contributed by atoms with Crippen LogP contribution in [0.15, 0.2) is 30.6 Å². The van der Waals surface area contributed by atoms with Crippen LogP contribution in [0.25, 0.3) is 0 Å². The van der Waals surface area contributed by atoms with Gasteiger partial charge in [-0.2, -0.15) is 0 Å². The van der Waals surface area contributed by atoms with Crippen LogP contribution in [0.2, 0.25) is 0 Å². The van der Waals surface area contributed by atoms with E-state index in [1.807, 2.05) is 19.3 Å². The van der Waals surface area contributed by atoms with Crippen LogP contribution in [0, 0.1) is 20.8 Å². The van der Waals surface area contributed by atoms with Crippen LogP contribution in [0.1, 0.15) is 41.3 Å². The third-order valence-corrected chi connectivity index (χ3v) is 4.21. The lowest BCUT2D eigenvalue weighted by molar-refractivity contribution is 0.707. The van der Waals surface area contributed by atoms with Crippen LogP contribution in [0.3, 0.4) is 0 Å². The summed E-state index contributed by atoms with van der Waals surface area (Å²) in [7, 11) is 0. The highest BCUT2D eigenvalue weighted by molar-refractivity contribution is 5.44. The van der Waals surface area contributed by atoms with Gasteiger partial charge in [-0.1, -0.05) is 18.2 Å². The molecule has 1 unspecified atom stereocenters. The predicted molar refractivity (Wildman–Crippen MR) is 82.0 cm³/mol. The van der Waals surface area contributed by atoms with Gasteiger partial charge < -0.3 is 4.90 Å². The lowest BCUT2D eigenvalue weighted by atomic mass is 9.99. The molecule has 1 aromatic heterocycles. The predicted octanol–water partition coefficient (Wildman–Crippen LogP) is 3.74. The van der Waals surface area contributed by atoms with Crippen molar-refractivity contribution in [1.82, 2.24) is 9.97 Å². The lowest BCUT2D eigenvalue weighted by Gasteiger charge is -2.26. The summed E-state index contributed by atoms with van der Waals surface area (Å²) in [5.74, 6) is 1.01. The van der Waals surface area contributed by atoms with Crippen molar-refractivity contribution in [2.45, 2.75) is 39.7 Å². The van der Waals surface area contributed by atoms with Gasteiger partial charge in [-0.05, 0) is 50.3 Å². The highest BCUT2D eigenvalue weighted by atomic mass is 15.2. The van der Waals surface area contributed by atoms with Crippen molar-refractivity contribution in [1.29, 1.82) is 0 Å². The van der Waals surface area contributed by atoms with Gasteiger partial charge in [-0.25, -0.2) is 4.98 Å². The van der Waals surface area contributed by atoms with Gasteiger partial charge in [-0.15, -0.1) is 0 Å². The molecule has 104 valence electrons. The molecule has 0 bridgehead atoms. The average molecular weight is 267 g/mol. The third-order valence-electron chi connectivity index (χ3n) is 4.21. The number of nitrogens with zero attached hydrogens (tertiary/aromatic N) is 3. The number of hydrogen-bond donors (Lipinski definition) is 0. The standard InChI is InChI=1S/C17H21N3/c1-12-6-7-15(9-13(12)2)16-5-4-8-20(16)17-11-18-10-14(3)19-17/h6-7,9-11,16H,4-5,8H2,1-3H3. The molecule has 0 spiro atoms. The first-order valence-electron chi connectivity index (χ1n) is 7.27. The van der Waals surface area contributed by atoms with Gasteiger partial charge in [0.1, 0.15) is 5.82 Å². The van der Waals surface area contributed by atoms with Crippen molar-refractivity contribution in [2.75, 3.05) is 11.4 Å². The van der Waals surface area contributed by atoms with E-state index in [0.29, 0.717) is 6.04 Å². The Morgan fingerprint density at radius 3 is 2.70 bits per heavy atom. The molecule has 0 amide bonds. The van der Waals surface area contributed by atoms with Gasteiger partial charge in [-0.3, -0.25) is 4.98 Å². The normalized spacial score (nSPS) is 18.6. The van der Waals surface area contributed by atoms with E-state index in [2.05, 4.69) is 46.9 Å². The Balaban J connectivity index is 1.94. The highest BCUT2D eigenvalue weighted by Crippen LogP contribution is 2.35. The molecule has 3 rings (SSSR count). The smallest absolute Gasteiger partial charge is 0.147 e. The fourth-order valence-electron chi connectivity index (χ4n) is 2.95. The van der Waals surface area contributed by atoms with Crippen molar-refractivity contribution in [2.24, 2.45) is 0 Å². The first-order valence-corrected chi connectivity index (χ1v) is 7.27. The zero-order valence-corrected chi connectivity index (χ0v) is 12.4. The molecule has 20 heavy (non-hydrogen) atoms. The second-order valence-corrected chi connectivity index (χ2v) is 5.71. The summed E-state index contributed by atoms with van der Waals surface area (Å²) in [6.45, 7) is 7.41. The maximum absolute atomic E-state index is 4.63. The summed E-state index contributed by atoms with van der Waals surface area (Å²) in [4.78, 5) is 11.3. The minimum absolute atomic E-state index is 0.436. The summed E-state index contributed by atoms with van der Waals surface area (Å²) in [5, 5.41) is 0. The molecular weight excluding hydrogens is 246 g/mol. The Kier molecular flexibility index (Phi) is 3.43. The van der Waals surface area contributed by atoms with Crippen molar-refractivity contribution < 1.29 is 0 Å². The van der Waals surface area contributed by atoms with E-state index in [1.54, 1.807) is 0 Å². The van der Waals surface area contributed by atoms with Gasteiger partial charge in [0, 0.05) is 12.7 Å². The highest BCUT2D eigenvalue weighted by Gasteiger charge is 2.27. The Hall–Kier alpha value is -1.90. The zero-order chi connectivity index (χ0) is 14.1. The van der Waals surface area contributed by atoms with E-state index in [4.69, 9.17) is 0 Å². The molecule has 3 nitrogen and oxygen atoms in total. The minimum atomic E-state index is 0.436. The molecule has 2 aromatic rings. The van der Waals surface area contributed by atoms with Crippen LogP contribution in [0.4, 0.5) is 5.82 Å². The molecule has 0 radical (unpaired) electrons. The molecule has 0 N–H and O–H groups in total. The van der Waals surface area contributed by atoms with Crippen molar-refractivity contribution >= 4 is 5.82 Å². The van der Waals surface area contributed by atoms with Crippen molar-refractivity contribution in [3.8, 4) is 0 Å². The molecule has 1 aliphatic heterocycles. The van der Waals surface area contributed by atoms with E-state index >= 15 is 0 Å². The van der Waals surface area contributed by atoms with Crippen LogP contribution < -0.4 is 4.90 Å². The molecule has 1 atom stereocenters. The molecule has 0 saturated carbocycles. The molecule has 0 aliphatic carbocycles.